The fourth-order valence-electron chi connectivity index (χ4n) is 1.36. The minimum absolute atomic E-state index is 0.922. The third-order valence-electron chi connectivity index (χ3n) is 2.25. The van der Waals surface area contributed by atoms with Gasteiger partial charge in [-0.3, -0.25) is 0 Å². The van der Waals surface area contributed by atoms with Crippen molar-refractivity contribution < 1.29 is 9.90 Å². The van der Waals surface area contributed by atoms with E-state index in [0.717, 1.165) is 12.5 Å². The number of allylic oxidation sites excluding steroid dienone is 2. The van der Waals surface area contributed by atoms with Gasteiger partial charge < -0.3 is 5.11 Å². The van der Waals surface area contributed by atoms with Gasteiger partial charge >= 0.3 is 5.97 Å². The topological polar surface area (TPSA) is 37.3 Å². The Balaban J connectivity index is 3.36. The molecule has 16 heavy (non-hydrogen) atoms. The molecular weight excluding hydrogens is 200 g/mol. The Kier molecular flexibility index (Phi) is 10.9. The van der Waals surface area contributed by atoms with Crippen LogP contribution in [0, 0.1) is 0 Å². The molecule has 0 radical (unpaired) electrons. The van der Waals surface area contributed by atoms with Crippen molar-refractivity contribution in [1.82, 2.24) is 0 Å². The van der Waals surface area contributed by atoms with Crippen molar-refractivity contribution in [3.8, 4) is 0 Å². The van der Waals surface area contributed by atoms with E-state index in [9.17, 15) is 4.79 Å². The Bertz CT molecular complexity index is 258. The number of rotatable bonds is 9. The van der Waals surface area contributed by atoms with E-state index in [1.807, 2.05) is 6.08 Å². The third kappa shape index (κ3) is 12.7. The van der Waals surface area contributed by atoms with E-state index in [0.29, 0.717) is 0 Å². The van der Waals surface area contributed by atoms with Crippen molar-refractivity contribution in [1.29, 1.82) is 0 Å². The van der Waals surface area contributed by atoms with Crippen LogP contribution in [-0.2, 0) is 4.79 Å². The van der Waals surface area contributed by atoms with Crippen LogP contribution in [0.1, 0.15) is 51.9 Å². The summed E-state index contributed by atoms with van der Waals surface area (Å²) < 4.78 is 0. The molecule has 2 heteroatoms. The summed E-state index contributed by atoms with van der Waals surface area (Å²) in [6.07, 6.45) is 15.0. The van der Waals surface area contributed by atoms with Gasteiger partial charge in [0.15, 0.2) is 0 Å². The first-order valence-corrected chi connectivity index (χ1v) is 6.08. The van der Waals surface area contributed by atoms with Crippen molar-refractivity contribution >= 4 is 5.97 Å². The van der Waals surface area contributed by atoms with Crippen LogP contribution in [0.3, 0.4) is 0 Å². The number of aliphatic carboxylic acids is 1. The lowest BCUT2D eigenvalue weighted by Gasteiger charge is -1.96. The molecule has 0 bridgehead atoms. The zero-order chi connectivity index (χ0) is 12.1. The molecule has 0 atom stereocenters. The van der Waals surface area contributed by atoms with Crippen molar-refractivity contribution in [3.05, 3.63) is 30.0 Å². The average Bonchev–Trinajstić information content (AvgIpc) is 2.25. The van der Waals surface area contributed by atoms with E-state index < -0.39 is 5.97 Å². The number of carboxylic acid groups (broad SMARTS) is 1. The quantitative estimate of drug-likeness (QED) is 0.276. The smallest absolute Gasteiger partial charge is 0.328 e. The van der Waals surface area contributed by atoms with Gasteiger partial charge in [-0.25, -0.2) is 4.79 Å². The molecule has 0 saturated heterocycles. The summed E-state index contributed by atoms with van der Waals surface area (Å²) in [5.74, 6) is -0.922. The van der Waals surface area contributed by atoms with Crippen LogP contribution in [0.5, 0.6) is 0 Å². The molecule has 0 amide bonds. The number of carboxylic acids is 1. The summed E-state index contributed by atoms with van der Waals surface area (Å²) in [6.45, 7) is 2.22. The fourth-order valence-corrected chi connectivity index (χ4v) is 1.36. The third-order valence-corrected chi connectivity index (χ3v) is 2.25. The second-order valence-corrected chi connectivity index (χ2v) is 3.79. The number of hydrogen-bond acceptors (Lipinski definition) is 1. The van der Waals surface area contributed by atoms with Gasteiger partial charge in [0.05, 0.1) is 0 Å². The van der Waals surface area contributed by atoms with Crippen molar-refractivity contribution in [2.75, 3.05) is 0 Å². The van der Waals surface area contributed by atoms with E-state index in [-0.39, 0.29) is 0 Å². The monoisotopic (exact) mass is 222 g/mol. The number of unbranched alkanes of at least 4 members (excludes halogenated alkanes) is 6. The van der Waals surface area contributed by atoms with Crippen LogP contribution in [0.4, 0.5) is 0 Å². The summed E-state index contributed by atoms with van der Waals surface area (Å²) in [5.41, 5.74) is 2.94. The Morgan fingerprint density at radius 1 is 1.19 bits per heavy atom. The first kappa shape index (κ1) is 14.7. The normalized spacial score (nSPS) is 10.1. The molecule has 1 N–H and O–H groups in total. The SMILES string of the molecule is CCCCCCCCC=C=C/C=C/C(=O)O. The first-order chi connectivity index (χ1) is 7.77. The summed E-state index contributed by atoms with van der Waals surface area (Å²) in [6, 6.07) is 0. The van der Waals surface area contributed by atoms with Gasteiger partial charge in [-0.15, -0.1) is 5.73 Å². The van der Waals surface area contributed by atoms with Crippen LogP contribution in [0.2, 0.25) is 0 Å². The van der Waals surface area contributed by atoms with Crippen LogP contribution in [0.25, 0.3) is 0 Å². The highest BCUT2D eigenvalue weighted by Crippen LogP contribution is 2.06. The van der Waals surface area contributed by atoms with Gasteiger partial charge in [-0.2, -0.15) is 0 Å². The lowest BCUT2D eigenvalue weighted by molar-refractivity contribution is -0.131. The molecule has 0 unspecified atom stereocenters. The molecule has 0 aromatic carbocycles. The molecule has 0 aliphatic heterocycles. The highest BCUT2D eigenvalue weighted by atomic mass is 16.4. The summed E-state index contributed by atoms with van der Waals surface area (Å²) in [5, 5.41) is 8.31. The molecule has 0 aliphatic rings. The second-order valence-electron chi connectivity index (χ2n) is 3.79. The minimum Gasteiger partial charge on any atom is -0.478 e. The minimum atomic E-state index is -0.922. The van der Waals surface area contributed by atoms with E-state index in [1.54, 1.807) is 6.08 Å². The Morgan fingerprint density at radius 3 is 2.56 bits per heavy atom. The molecule has 0 aromatic rings. The molecule has 0 spiro atoms. The van der Waals surface area contributed by atoms with Crippen LogP contribution >= 0.6 is 0 Å². The predicted octanol–water partition coefficient (Wildman–Crippen LogP) is 4.09. The average molecular weight is 222 g/mol. The van der Waals surface area contributed by atoms with Crippen molar-refractivity contribution in [2.45, 2.75) is 51.9 Å². The van der Waals surface area contributed by atoms with E-state index in [4.69, 9.17) is 5.11 Å². The largest absolute Gasteiger partial charge is 0.478 e. The summed E-state index contributed by atoms with van der Waals surface area (Å²) in [4.78, 5) is 10.1. The van der Waals surface area contributed by atoms with Crippen molar-refractivity contribution in [2.24, 2.45) is 0 Å². The Morgan fingerprint density at radius 2 is 1.88 bits per heavy atom. The molecular formula is C14H22O2. The van der Waals surface area contributed by atoms with Gasteiger partial charge in [0, 0.05) is 6.08 Å². The summed E-state index contributed by atoms with van der Waals surface area (Å²) in [7, 11) is 0. The van der Waals surface area contributed by atoms with Gasteiger partial charge in [-0.1, -0.05) is 39.0 Å². The predicted molar refractivity (Wildman–Crippen MR) is 67.4 cm³/mol. The zero-order valence-corrected chi connectivity index (χ0v) is 10.1. The molecule has 2 nitrogen and oxygen atoms in total. The number of carbonyl (C=O) groups is 1. The van der Waals surface area contributed by atoms with Crippen LogP contribution in [-0.4, -0.2) is 11.1 Å². The van der Waals surface area contributed by atoms with Crippen LogP contribution in [0.15, 0.2) is 30.0 Å². The second kappa shape index (κ2) is 11.8. The molecule has 0 heterocycles. The molecule has 0 rings (SSSR count). The number of hydrogen-bond donors (Lipinski definition) is 1. The maximum Gasteiger partial charge on any atom is 0.328 e. The van der Waals surface area contributed by atoms with Gasteiger partial charge in [0.2, 0.25) is 0 Å². The molecule has 0 saturated carbocycles. The molecule has 0 aromatic heterocycles. The van der Waals surface area contributed by atoms with Crippen molar-refractivity contribution in [3.63, 3.8) is 0 Å². The highest BCUT2D eigenvalue weighted by Gasteiger charge is 1.87. The Labute approximate surface area is 98.4 Å². The first-order valence-electron chi connectivity index (χ1n) is 6.08. The highest BCUT2D eigenvalue weighted by molar-refractivity contribution is 5.80. The van der Waals surface area contributed by atoms with E-state index in [2.05, 4.69) is 12.7 Å². The lowest BCUT2D eigenvalue weighted by Crippen LogP contribution is -1.83. The summed E-state index contributed by atoms with van der Waals surface area (Å²) >= 11 is 0. The zero-order valence-electron chi connectivity index (χ0n) is 10.1. The van der Waals surface area contributed by atoms with Gasteiger partial charge in [0.1, 0.15) is 0 Å². The van der Waals surface area contributed by atoms with Crippen LogP contribution < -0.4 is 0 Å². The molecule has 0 fully saturated rings. The maximum atomic E-state index is 10.1. The molecule has 0 aliphatic carbocycles. The van der Waals surface area contributed by atoms with Gasteiger partial charge in [0.25, 0.3) is 0 Å². The Hall–Kier alpha value is -1.27. The standard InChI is InChI=1S/C14H22O2/c1-2-3-4-5-6-7-8-9-10-11-12-13-14(15)16/h9,11-13H,2-8H2,1H3,(H,15,16)/b13-12+. The lowest BCUT2D eigenvalue weighted by atomic mass is 10.1. The van der Waals surface area contributed by atoms with E-state index >= 15 is 0 Å². The van der Waals surface area contributed by atoms with E-state index in [1.165, 1.54) is 44.6 Å². The van der Waals surface area contributed by atoms with Gasteiger partial charge in [-0.05, 0) is 31.1 Å². The fraction of sp³-hybridized carbons (Fsp3) is 0.571. The molecule has 90 valence electrons. The maximum absolute atomic E-state index is 10.1.